The molecule has 0 aliphatic carbocycles. The summed E-state index contributed by atoms with van der Waals surface area (Å²) in [6, 6.07) is 5.01. The highest BCUT2D eigenvalue weighted by Gasteiger charge is 2.29. The standard InChI is InChI=1S/C14H19Cl2O4PS/c1-4-8-22-21(17,19-5-2)20-14(10-15)12-9-11(16)6-7-13(12)18-3/h6-7,9-10H,4-5,8H2,1-3H3. The second-order valence-corrected chi connectivity index (χ2v) is 8.88. The summed E-state index contributed by atoms with van der Waals surface area (Å²) in [4.78, 5) is 0. The minimum atomic E-state index is -3.35. The van der Waals surface area contributed by atoms with Gasteiger partial charge in [0.25, 0.3) is 0 Å². The van der Waals surface area contributed by atoms with Gasteiger partial charge in [-0.15, -0.1) is 0 Å². The Hall–Kier alpha value is -0.320. The zero-order valence-corrected chi connectivity index (χ0v) is 15.9. The van der Waals surface area contributed by atoms with Gasteiger partial charge < -0.3 is 9.26 Å². The van der Waals surface area contributed by atoms with Crippen LogP contribution in [0.15, 0.2) is 23.7 Å². The molecule has 0 fully saturated rings. The predicted octanol–water partition coefficient (Wildman–Crippen LogP) is 6.19. The first-order chi connectivity index (χ1) is 10.5. The molecule has 22 heavy (non-hydrogen) atoms. The Morgan fingerprint density at radius 3 is 2.68 bits per heavy atom. The fourth-order valence-electron chi connectivity index (χ4n) is 1.57. The van der Waals surface area contributed by atoms with Crippen LogP contribution in [-0.2, 0) is 13.6 Å². The maximum absolute atomic E-state index is 12.7. The van der Waals surface area contributed by atoms with Crippen LogP contribution in [0.4, 0.5) is 0 Å². The van der Waals surface area contributed by atoms with Gasteiger partial charge in [0.15, 0.2) is 5.76 Å². The van der Waals surface area contributed by atoms with Crippen molar-refractivity contribution in [3.05, 3.63) is 34.3 Å². The first-order valence-corrected chi connectivity index (χ1v) is 10.7. The Morgan fingerprint density at radius 2 is 2.14 bits per heavy atom. The Labute approximate surface area is 145 Å². The number of methoxy groups -OCH3 is 1. The monoisotopic (exact) mass is 384 g/mol. The van der Waals surface area contributed by atoms with Gasteiger partial charge in [-0.2, -0.15) is 0 Å². The van der Waals surface area contributed by atoms with Crippen LogP contribution in [0.25, 0.3) is 5.76 Å². The van der Waals surface area contributed by atoms with Gasteiger partial charge in [0.1, 0.15) is 5.75 Å². The van der Waals surface area contributed by atoms with Gasteiger partial charge in [-0.1, -0.05) is 30.1 Å². The average Bonchev–Trinajstić information content (AvgIpc) is 2.51. The highest BCUT2D eigenvalue weighted by molar-refractivity contribution is 8.55. The molecule has 4 nitrogen and oxygen atoms in total. The topological polar surface area (TPSA) is 44.8 Å². The zero-order valence-electron chi connectivity index (χ0n) is 12.7. The van der Waals surface area contributed by atoms with E-state index in [0.717, 1.165) is 17.8 Å². The smallest absolute Gasteiger partial charge is 0.440 e. The second-order valence-electron chi connectivity index (χ2n) is 4.11. The molecule has 1 aromatic rings. The molecule has 0 bridgehead atoms. The molecule has 1 unspecified atom stereocenters. The van der Waals surface area contributed by atoms with E-state index in [-0.39, 0.29) is 12.4 Å². The lowest BCUT2D eigenvalue weighted by Crippen LogP contribution is -1.97. The summed E-state index contributed by atoms with van der Waals surface area (Å²) in [5, 5.41) is 0.489. The van der Waals surface area contributed by atoms with Crippen LogP contribution < -0.4 is 4.74 Å². The summed E-state index contributed by atoms with van der Waals surface area (Å²) in [5.41, 5.74) is 1.72. The molecule has 0 spiro atoms. The third-order valence-electron chi connectivity index (χ3n) is 2.48. The third-order valence-corrected chi connectivity index (χ3v) is 6.85. The number of rotatable bonds is 9. The molecule has 8 heteroatoms. The molecule has 124 valence electrons. The molecule has 0 heterocycles. The number of halogens is 2. The number of hydrogen-bond donors (Lipinski definition) is 0. The van der Waals surface area contributed by atoms with E-state index in [0.29, 0.717) is 22.1 Å². The molecule has 0 amide bonds. The highest BCUT2D eigenvalue weighted by atomic mass is 35.5. The molecule has 0 saturated heterocycles. The van der Waals surface area contributed by atoms with Crippen LogP contribution >= 0.6 is 41.4 Å². The van der Waals surface area contributed by atoms with Crippen molar-refractivity contribution in [2.24, 2.45) is 0 Å². The summed E-state index contributed by atoms with van der Waals surface area (Å²) in [7, 11) is 1.52. The fourth-order valence-corrected chi connectivity index (χ4v) is 5.42. The summed E-state index contributed by atoms with van der Waals surface area (Å²) < 4.78 is 28.9. The third kappa shape index (κ3) is 5.71. The van der Waals surface area contributed by atoms with Gasteiger partial charge in [0.2, 0.25) is 0 Å². The summed E-state index contributed by atoms with van der Waals surface area (Å²) in [6.45, 7) is 0.664. The Kier molecular flexibility index (Phi) is 8.73. The van der Waals surface area contributed by atoms with Crippen molar-refractivity contribution in [3.8, 4) is 5.75 Å². The van der Waals surface area contributed by atoms with Crippen LogP contribution in [0.3, 0.4) is 0 Å². The van der Waals surface area contributed by atoms with Crippen molar-refractivity contribution < 1.29 is 18.3 Å². The molecule has 0 radical (unpaired) electrons. The number of hydrogen-bond acceptors (Lipinski definition) is 5. The van der Waals surface area contributed by atoms with Gasteiger partial charge in [-0.05, 0) is 42.9 Å². The first kappa shape index (κ1) is 19.7. The second kappa shape index (κ2) is 9.74. The molecule has 0 aromatic heterocycles. The van der Waals surface area contributed by atoms with Gasteiger partial charge in [0.05, 0.1) is 19.3 Å². The minimum absolute atomic E-state index is 0.196. The van der Waals surface area contributed by atoms with Crippen molar-refractivity contribution in [1.29, 1.82) is 0 Å². The zero-order chi connectivity index (χ0) is 16.6. The Balaban J connectivity index is 3.10. The molecular formula is C14H19Cl2O4PS. The van der Waals surface area contributed by atoms with Crippen molar-refractivity contribution >= 4 is 47.1 Å². The molecule has 0 N–H and O–H groups in total. The highest BCUT2D eigenvalue weighted by Crippen LogP contribution is 2.63. The van der Waals surface area contributed by atoms with Crippen molar-refractivity contribution in [2.45, 2.75) is 20.3 Å². The van der Waals surface area contributed by atoms with Gasteiger partial charge >= 0.3 is 6.80 Å². The van der Waals surface area contributed by atoms with Gasteiger partial charge in [-0.3, -0.25) is 4.52 Å². The molecule has 1 aromatic carbocycles. The molecule has 0 aliphatic rings. The van der Waals surface area contributed by atoms with Crippen molar-refractivity contribution in [1.82, 2.24) is 0 Å². The normalized spacial score (nSPS) is 14.5. The van der Waals surface area contributed by atoms with E-state index in [1.165, 1.54) is 12.6 Å². The summed E-state index contributed by atoms with van der Waals surface area (Å²) >= 11 is 13.0. The van der Waals surface area contributed by atoms with Crippen LogP contribution in [0.5, 0.6) is 5.75 Å². The lowest BCUT2D eigenvalue weighted by Gasteiger charge is -2.20. The van der Waals surface area contributed by atoms with Crippen LogP contribution in [-0.4, -0.2) is 19.5 Å². The minimum Gasteiger partial charge on any atom is -0.496 e. The Morgan fingerprint density at radius 1 is 1.41 bits per heavy atom. The van der Waals surface area contributed by atoms with Gasteiger partial charge in [0, 0.05) is 16.3 Å². The SMILES string of the molecule is CCCSP(=O)(OCC)OC(=CCl)c1cc(Cl)ccc1OC. The Bertz CT molecular complexity index is 566. The van der Waals surface area contributed by atoms with Crippen LogP contribution in [0, 0.1) is 0 Å². The average molecular weight is 385 g/mol. The molecule has 1 atom stereocenters. The van der Waals surface area contributed by atoms with E-state index in [4.69, 9.17) is 37.0 Å². The lowest BCUT2D eigenvalue weighted by molar-refractivity contribution is 0.286. The predicted molar refractivity (Wildman–Crippen MR) is 94.9 cm³/mol. The lowest BCUT2D eigenvalue weighted by atomic mass is 10.2. The van der Waals surface area contributed by atoms with E-state index in [9.17, 15) is 4.57 Å². The van der Waals surface area contributed by atoms with Gasteiger partial charge in [-0.25, -0.2) is 4.57 Å². The first-order valence-electron chi connectivity index (χ1n) is 6.72. The van der Waals surface area contributed by atoms with Crippen LogP contribution in [0.1, 0.15) is 25.8 Å². The van der Waals surface area contributed by atoms with Crippen molar-refractivity contribution in [3.63, 3.8) is 0 Å². The van der Waals surface area contributed by atoms with E-state index in [1.54, 1.807) is 25.1 Å². The summed E-state index contributed by atoms with van der Waals surface area (Å²) in [5.74, 6) is 1.36. The van der Waals surface area contributed by atoms with E-state index < -0.39 is 6.80 Å². The molecule has 0 saturated carbocycles. The van der Waals surface area contributed by atoms with Crippen LogP contribution in [0.2, 0.25) is 5.02 Å². The maximum atomic E-state index is 12.7. The fraction of sp³-hybridized carbons (Fsp3) is 0.429. The molecule has 0 aliphatic heterocycles. The number of benzene rings is 1. The maximum Gasteiger partial charge on any atom is 0.440 e. The van der Waals surface area contributed by atoms with E-state index >= 15 is 0 Å². The van der Waals surface area contributed by atoms with E-state index in [1.807, 2.05) is 6.92 Å². The van der Waals surface area contributed by atoms with Crippen molar-refractivity contribution in [2.75, 3.05) is 19.5 Å². The largest absolute Gasteiger partial charge is 0.496 e. The quantitative estimate of drug-likeness (QED) is 0.375. The van der Waals surface area contributed by atoms with E-state index in [2.05, 4.69) is 0 Å². The number of ether oxygens (including phenoxy) is 1. The summed E-state index contributed by atoms with van der Waals surface area (Å²) in [6.07, 6.45) is 0.853. The molecule has 1 rings (SSSR count). The molecular weight excluding hydrogens is 366 g/mol.